The van der Waals surface area contributed by atoms with E-state index in [1.165, 1.54) is 12.8 Å². The monoisotopic (exact) mass is 363 g/mol. The van der Waals surface area contributed by atoms with Crippen molar-refractivity contribution in [3.05, 3.63) is 34.9 Å². The second-order valence-corrected chi connectivity index (χ2v) is 7.51. The summed E-state index contributed by atoms with van der Waals surface area (Å²) in [5, 5.41) is 6.59. The highest BCUT2D eigenvalue weighted by Gasteiger charge is 2.34. The normalized spacial score (nSPS) is 22.0. The lowest BCUT2D eigenvalue weighted by Gasteiger charge is -2.27. The van der Waals surface area contributed by atoms with Gasteiger partial charge in [0.05, 0.1) is 12.0 Å². The lowest BCUT2D eigenvalue weighted by Crippen LogP contribution is -2.40. The quantitative estimate of drug-likeness (QED) is 0.861. The highest BCUT2D eigenvalue weighted by atomic mass is 35.5. The first-order valence-electron chi connectivity index (χ1n) is 9.11. The van der Waals surface area contributed by atoms with Crippen LogP contribution >= 0.6 is 11.6 Å². The molecule has 0 aromatic heterocycles. The molecule has 0 bridgehead atoms. The zero-order valence-corrected chi connectivity index (χ0v) is 15.4. The molecule has 2 aliphatic rings. The molecule has 1 saturated carbocycles. The standard InChI is InChI=1S/C19H26ClN3O2/c1-21-19(25)23-10-9-15(12-23)18(24)22-17(13-5-2-3-6-13)14-7-4-8-16(20)11-14/h4,7-8,11,13,15,17H,2-3,5-6,9-10,12H2,1H3,(H,21,25)(H,22,24)/t15-,17+/m1/s1. The molecule has 2 atom stereocenters. The van der Waals surface area contributed by atoms with Gasteiger partial charge in [-0.2, -0.15) is 0 Å². The van der Waals surface area contributed by atoms with Gasteiger partial charge < -0.3 is 15.5 Å². The lowest BCUT2D eigenvalue weighted by atomic mass is 9.91. The van der Waals surface area contributed by atoms with Gasteiger partial charge in [0.1, 0.15) is 0 Å². The van der Waals surface area contributed by atoms with Gasteiger partial charge in [-0.25, -0.2) is 4.79 Å². The van der Waals surface area contributed by atoms with Crippen molar-refractivity contribution in [1.82, 2.24) is 15.5 Å². The van der Waals surface area contributed by atoms with Crippen LogP contribution in [0.15, 0.2) is 24.3 Å². The van der Waals surface area contributed by atoms with Gasteiger partial charge in [0.2, 0.25) is 5.91 Å². The number of urea groups is 1. The number of rotatable bonds is 4. The first kappa shape index (κ1) is 18.1. The first-order chi connectivity index (χ1) is 12.1. The van der Waals surface area contributed by atoms with Crippen LogP contribution in [-0.4, -0.2) is 37.0 Å². The Morgan fingerprint density at radius 3 is 2.68 bits per heavy atom. The van der Waals surface area contributed by atoms with Gasteiger partial charge in [-0.3, -0.25) is 4.79 Å². The van der Waals surface area contributed by atoms with Gasteiger partial charge in [-0.1, -0.05) is 36.6 Å². The molecule has 2 fully saturated rings. The maximum absolute atomic E-state index is 12.8. The number of carbonyl (C=O) groups excluding carboxylic acids is 2. The minimum absolute atomic E-state index is 0.00255. The third-order valence-electron chi connectivity index (χ3n) is 5.44. The van der Waals surface area contributed by atoms with Crippen LogP contribution in [0.1, 0.15) is 43.7 Å². The van der Waals surface area contributed by atoms with E-state index in [1.54, 1.807) is 11.9 Å². The number of amides is 3. The zero-order valence-electron chi connectivity index (χ0n) is 14.6. The van der Waals surface area contributed by atoms with E-state index in [2.05, 4.69) is 10.6 Å². The molecule has 25 heavy (non-hydrogen) atoms. The second kappa shape index (κ2) is 8.09. The van der Waals surface area contributed by atoms with Gasteiger partial charge in [0.15, 0.2) is 0 Å². The van der Waals surface area contributed by atoms with Crippen molar-refractivity contribution in [2.75, 3.05) is 20.1 Å². The van der Waals surface area contributed by atoms with Gasteiger partial charge >= 0.3 is 6.03 Å². The fourth-order valence-corrected chi connectivity index (χ4v) is 4.25. The van der Waals surface area contributed by atoms with Crippen molar-refractivity contribution >= 4 is 23.5 Å². The molecule has 6 heteroatoms. The maximum Gasteiger partial charge on any atom is 0.317 e. The fourth-order valence-electron chi connectivity index (χ4n) is 4.05. The number of nitrogens with one attached hydrogen (secondary N) is 2. The number of halogens is 1. The third kappa shape index (κ3) is 4.27. The Labute approximate surface area is 154 Å². The molecule has 2 N–H and O–H groups in total. The zero-order chi connectivity index (χ0) is 17.8. The van der Waals surface area contributed by atoms with Gasteiger partial charge in [0, 0.05) is 25.2 Å². The Hall–Kier alpha value is -1.75. The van der Waals surface area contributed by atoms with E-state index in [-0.39, 0.29) is 23.9 Å². The molecule has 1 aromatic carbocycles. The van der Waals surface area contributed by atoms with Crippen LogP contribution in [0.5, 0.6) is 0 Å². The third-order valence-corrected chi connectivity index (χ3v) is 5.67. The molecule has 0 radical (unpaired) electrons. The minimum Gasteiger partial charge on any atom is -0.349 e. The number of hydrogen-bond acceptors (Lipinski definition) is 2. The summed E-state index contributed by atoms with van der Waals surface area (Å²) in [5.74, 6) is 0.363. The van der Waals surface area contributed by atoms with Crippen LogP contribution in [0.3, 0.4) is 0 Å². The summed E-state index contributed by atoms with van der Waals surface area (Å²) in [5.41, 5.74) is 1.08. The van der Waals surface area contributed by atoms with E-state index in [9.17, 15) is 9.59 Å². The van der Waals surface area contributed by atoms with Crippen molar-refractivity contribution < 1.29 is 9.59 Å². The van der Waals surface area contributed by atoms with Crippen LogP contribution in [0, 0.1) is 11.8 Å². The molecular formula is C19H26ClN3O2. The number of nitrogens with zero attached hydrogens (tertiary/aromatic N) is 1. The molecule has 1 aliphatic carbocycles. The van der Waals surface area contributed by atoms with Crippen LogP contribution in [0.4, 0.5) is 4.79 Å². The molecule has 0 spiro atoms. The lowest BCUT2D eigenvalue weighted by molar-refractivity contribution is -0.125. The van der Waals surface area contributed by atoms with E-state index in [0.717, 1.165) is 18.4 Å². The summed E-state index contributed by atoms with van der Waals surface area (Å²) in [6.45, 7) is 1.11. The van der Waals surface area contributed by atoms with E-state index in [0.29, 0.717) is 30.5 Å². The largest absolute Gasteiger partial charge is 0.349 e. The van der Waals surface area contributed by atoms with Gasteiger partial charge in [-0.15, -0.1) is 0 Å². The van der Waals surface area contributed by atoms with Crippen LogP contribution in [-0.2, 0) is 4.79 Å². The average molecular weight is 364 g/mol. The first-order valence-corrected chi connectivity index (χ1v) is 9.48. The summed E-state index contributed by atoms with van der Waals surface area (Å²) in [6, 6.07) is 7.68. The Morgan fingerprint density at radius 2 is 2.00 bits per heavy atom. The summed E-state index contributed by atoms with van der Waals surface area (Å²) < 4.78 is 0. The molecule has 1 aromatic rings. The van der Waals surface area contributed by atoms with E-state index in [4.69, 9.17) is 11.6 Å². The average Bonchev–Trinajstić information content (AvgIpc) is 3.30. The Bertz CT molecular complexity index is 631. The maximum atomic E-state index is 12.8. The van der Waals surface area contributed by atoms with Gasteiger partial charge in [-0.05, 0) is 42.9 Å². The molecule has 136 valence electrons. The van der Waals surface area contributed by atoms with E-state index < -0.39 is 0 Å². The number of likely N-dealkylation sites (tertiary alicyclic amines) is 1. The number of hydrogen-bond donors (Lipinski definition) is 2. The highest BCUT2D eigenvalue weighted by Crippen LogP contribution is 2.36. The molecular weight excluding hydrogens is 338 g/mol. The van der Waals surface area contributed by atoms with Crippen molar-refractivity contribution in [3.63, 3.8) is 0 Å². The molecule has 1 aliphatic heterocycles. The Balaban J connectivity index is 1.70. The summed E-state index contributed by atoms with van der Waals surface area (Å²) in [4.78, 5) is 26.3. The highest BCUT2D eigenvalue weighted by molar-refractivity contribution is 6.30. The van der Waals surface area contributed by atoms with Crippen molar-refractivity contribution in [3.8, 4) is 0 Å². The topological polar surface area (TPSA) is 61.4 Å². The van der Waals surface area contributed by atoms with E-state index in [1.807, 2.05) is 24.3 Å². The van der Waals surface area contributed by atoms with Crippen LogP contribution < -0.4 is 10.6 Å². The van der Waals surface area contributed by atoms with Gasteiger partial charge in [0.25, 0.3) is 0 Å². The summed E-state index contributed by atoms with van der Waals surface area (Å²) >= 11 is 6.17. The predicted octanol–water partition coefficient (Wildman–Crippen LogP) is 3.35. The summed E-state index contributed by atoms with van der Waals surface area (Å²) in [6.07, 6.45) is 5.40. The van der Waals surface area contributed by atoms with Crippen molar-refractivity contribution in [2.45, 2.75) is 38.1 Å². The molecule has 3 amide bonds. The number of carbonyl (C=O) groups is 2. The SMILES string of the molecule is CNC(=O)N1CC[C@@H](C(=O)N[C@H](c2cccc(Cl)c2)C2CCCC2)C1. The second-order valence-electron chi connectivity index (χ2n) is 7.07. The minimum atomic E-state index is -0.139. The van der Waals surface area contributed by atoms with Crippen LogP contribution in [0.2, 0.25) is 5.02 Å². The smallest absolute Gasteiger partial charge is 0.317 e. The molecule has 0 unspecified atom stereocenters. The molecule has 5 nitrogen and oxygen atoms in total. The van der Waals surface area contributed by atoms with Crippen molar-refractivity contribution in [1.29, 1.82) is 0 Å². The van der Waals surface area contributed by atoms with Crippen molar-refractivity contribution in [2.24, 2.45) is 11.8 Å². The Kier molecular flexibility index (Phi) is 5.84. The molecule has 1 heterocycles. The molecule has 1 saturated heterocycles. The van der Waals surface area contributed by atoms with E-state index >= 15 is 0 Å². The number of benzene rings is 1. The Morgan fingerprint density at radius 1 is 1.24 bits per heavy atom. The van der Waals surface area contributed by atoms with Crippen LogP contribution in [0.25, 0.3) is 0 Å². The predicted molar refractivity (Wildman–Crippen MR) is 98.4 cm³/mol. The molecule has 3 rings (SSSR count). The summed E-state index contributed by atoms with van der Waals surface area (Å²) in [7, 11) is 1.62. The fraction of sp³-hybridized carbons (Fsp3) is 0.579.